The summed E-state index contributed by atoms with van der Waals surface area (Å²) in [4.78, 5) is 23.9. The van der Waals surface area contributed by atoms with Gasteiger partial charge in [-0.05, 0) is 28.7 Å². The first-order valence-corrected chi connectivity index (χ1v) is 8.19. The number of hydrogen-bond acceptors (Lipinski definition) is 3. The average Bonchev–Trinajstić information content (AvgIpc) is 2.55. The van der Waals surface area contributed by atoms with Gasteiger partial charge in [0.25, 0.3) is 0 Å². The van der Waals surface area contributed by atoms with Crippen molar-refractivity contribution in [3.8, 4) is 5.75 Å². The summed E-state index contributed by atoms with van der Waals surface area (Å²) in [5.74, 6) is -0.617. The maximum atomic E-state index is 12.0. The largest absolute Gasteiger partial charge is 0.506 e. The Labute approximate surface area is 148 Å². The summed E-state index contributed by atoms with van der Waals surface area (Å²) >= 11 is 0. The summed E-state index contributed by atoms with van der Waals surface area (Å²) in [6.07, 6.45) is 0.221. The van der Waals surface area contributed by atoms with Crippen LogP contribution in [0, 0.1) is 0 Å². The summed E-state index contributed by atoms with van der Waals surface area (Å²) in [5, 5.41) is 15.1. The van der Waals surface area contributed by atoms with Crippen molar-refractivity contribution in [1.82, 2.24) is 5.32 Å². The summed E-state index contributed by atoms with van der Waals surface area (Å²) < 4.78 is 0. The van der Waals surface area contributed by atoms with Crippen LogP contribution in [0.25, 0.3) is 0 Å². The van der Waals surface area contributed by atoms with E-state index >= 15 is 0 Å². The highest BCUT2D eigenvalue weighted by molar-refractivity contribution is 5.95. The molecule has 25 heavy (non-hydrogen) atoms. The number of amides is 2. The van der Waals surface area contributed by atoms with Crippen LogP contribution in [0.4, 0.5) is 5.69 Å². The highest BCUT2D eigenvalue weighted by Gasteiger charge is 2.16. The Balaban J connectivity index is 1.91. The van der Waals surface area contributed by atoms with Gasteiger partial charge in [-0.25, -0.2) is 0 Å². The summed E-state index contributed by atoms with van der Waals surface area (Å²) in [6, 6.07) is 14.5. The van der Waals surface area contributed by atoms with E-state index in [0.717, 1.165) is 11.1 Å². The normalized spacial score (nSPS) is 11.0. The third kappa shape index (κ3) is 5.64. The third-order valence-electron chi connectivity index (χ3n) is 3.79. The van der Waals surface area contributed by atoms with Crippen molar-refractivity contribution in [2.45, 2.75) is 32.6 Å². The van der Waals surface area contributed by atoms with Crippen LogP contribution >= 0.6 is 0 Å². The monoisotopic (exact) mass is 340 g/mol. The summed E-state index contributed by atoms with van der Waals surface area (Å²) in [6.45, 7) is 6.00. The first kappa shape index (κ1) is 18.5. The fourth-order valence-electron chi connectivity index (χ4n) is 2.32. The highest BCUT2D eigenvalue weighted by atomic mass is 16.3. The third-order valence-corrected chi connectivity index (χ3v) is 3.79. The van der Waals surface area contributed by atoms with Crippen LogP contribution in [-0.4, -0.2) is 23.5 Å². The Kier molecular flexibility index (Phi) is 5.80. The Morgan fingerprint density at radius 1 is 1.00 bits per heavy atom. The Morgan fingerprint density at radius 3 is 2.32 bits per heavy atom. The van der Waals surface area contributed by atoms with Crippen molar-refractivity contribution >= 4 is 17.5 Å². The Morgan fingerprint density at radius 2 is 1.68 bits per heavy atom. The molecule has 0 aliphatic heterocycles. The first-order chi connectivity index (χ1) is 11.8. The molecule has 3 N–H and O–H groups in total. The van der Waals surface area contributed by atoms with Crippen LogP contribution in [0.5, 0.6) is 5.75 Å². The number of phenolic OH excluding ortho intramolecular Hbond substituents is 1. The van der Waals surface area contributed by atoms with Crippen molar-refractivity contribution in [3.05, 3.63) is 59.7 Å². The lowest BCUT2D eigenvalue weighted by atomic mass is 9.87. The van der Waals surface area contributed by atoms with E-state index < -0.39 is 0 Å². The standard InChI is InChI=1S/C20H24N2O3/c1-20(2,3)15-9-10-17(23)16(12-15)22-19(25)13-21-18(24)11-14-7-5-4-6-8-14/h4-10,12,23H,11,13H2,1-3H3,(H,21,24)(H,22,25). The predicted octanol–water partition coefficient (Wildman–Crippen LogP) is 2.99. The van der Waals surface area contributed by atoms with E-state index in [0.29, 0.717) is 5.69 Å². The molecule has 2 amide bonds. The number of phenols is 1. The molecule has 0 unspecified atom stereocenters. The van der Waals surface area contributed by atoms with Crippen LogP contribution in [0.1, 0.15) is 31.9 Å². The second-order valence-electron chi connectivity index (χ2n) is 6.97. The molecule has 0 aliphatic rings. The molecule has 0 spiro atoms. The molecule has 2 rings (SSSR count). The molecular weight excluding hydrogens is 316 g/mol. The van der Waals surface area contributed by atoms with Gasteiger partial charge in [0.15, 0.2) is 0 Å². The number of carbonyl (C=O) groups is 2. The van der Waals surface area contributed by atoms with Gasteiger partial charge in [0.1, 0.15) is 5.75 Å². The van der Waals surface area contributed by atoms with Crippen LogP contribution < -0.4 is 10.6 Å². The summed E-state index contributed by atoms with van der Waals surface area (Å²) in [5.41, 5.74) is 2.12. The molecule has 0 aromatic heterocycles. The Hall–Kier alpha value is -2.82. The van der Waals surface area contributed by atoms with E-state index in [1.54, 1.807) is 12.1 Å². The van der Waals surface area contributed by atoms with Crippen LogP contribution in [0.15, 0.2) is 48.5 Å². The lowest BCUT2D eigenvalue weighted by Crippen LogP contribution is -2.33. The maximum absolute atomic E-state index is 12.0. The molecule has 0 saturated heterocycles. The molecule has 0 heterocycles. The molecule has 0 bridgehead atoms. The van der Waals surface area contributed by atoms with Crippen LogP contribution in [0.2, 0.25) is 0 Å². The van der Waals surface area contributed by atoms with Crippen molar-refractivity contribution < 1.29 is 14.7 Å². The van der Waals surface area contributed by atoms with Gasteiger partial charge < -0.3 is 15.7 Å². The second kappa shape index (κ2) is 7.83. The molecule has 0 fully saturated rings. The quantitative estimate of drug-likeness (QED) is 0.732. The fraction of sp³-hybridized carbons (Fsp3) is 0.300. The van der Waals surface area contributed by atoms with Crippen molar-refractivity contribution in [3.63, 3.8) is 0 Å². The smallest absolute Gasteiger partial charge is 0.243 e. The molecule has 5 nitrogen and oxygen atoms in total. The molecule has 132 valence electrons. The van der Waals surface area contributed by atoms with Gasteiger partial charge in [-0.1, -0.05) is 57.2 Å². The fourth-order valence-corrected chi connectivity index (χ4v) is 2.32. The predicted molar refractivity (Wildman–Crippen MR) is 98.6 cm³/mol. The minimum atomic E-state index is -0.386. The summed E-state index contributed by atoms with van der Waals surface area (Å²) in [7, 11) is 0. The second-order valence-corrected chi connectivity index (χ2v) is 6.97. The van der Waals surface area contributed by atoms with E-state index in [4.69, 9.17) is 0 Å². The van der Waals surface area contributed by atoms with Gasteiger partial charge in [0, 0.05) is 0 Å². The zero-order valence-corrected chi connectivity index (χ0v) is 14.8. The van der Waals surface area contributed by atoms with E-state index in [9.17, 15) is 14.7 Å². The van der Waals surface area contributed by atoms with E-state index in [2.05, 4.69) is 31.4 Å². The molecule has 0 atom stereocenters. The molecule has 2 aromatic rings. The minimum absolute atomic E-state index is 0.00281. The van der Waals surface area contributed by atoms with Gasteiger partial charge in [-0.3, -0.25) is 9.59 Å². The molecule has 0 saturated carbocycles. The molecule has 5 heteroatoms. The van der Waals surface area contributed by atoms with Crippen molar-refractivity contribution in [2.75, 3.05) is 11.9 Å². The average molecular weight is 340 g/mol. The van der Waals surface area contributed by atoms with Gasteiger partial charge in [-0.2, -0.15) is 0 Å². The zero-order chi connectivity index (χ0) is 18.4. The van der Waals surface area contributed by atoms with Crippen molar-refractivity contribution in [1.29, 1.82) is 0 Å². The number of hydrogen-bond donors (Lipinski definition) is 3. The van der Waals surface area contributed by atoms with Crippen LogP contribution in [0.3, 0.4) is 0 Å². The van der Waals surface area contributed by atoms with Gasteiger partial charge in [-0.15, -0.1) is 0 Å². The number of aromatic hydroxyl groups is 1. The number of benzene rings is 2. The zero-order valence-electron chi connectivity index (χ0n) is 14.8. The number of rotatable bonds is 5. The highest BCUT2D eigenvalue weighted by Crippen LogP contribution is 2.30. The molecule has 0 aliphatic carbocycles. The van der Waals surface area contributed by atoms with Gasteiger partial charge in [0.05, 0.1) is 18.7 Å². The Bertz CT molecular complexity index is 749. The molecule has 0 radical (unpaired) electrons. The van der Waals surface area contributed by atoms with Gasteiger partial charge in [0.2, 0.25) is 11.8 Å². The minimum Gasteiger partial charge on any atom is -0.506 e. The molecule has 2 aromatic carbocycles. The number of carbonyl (C=O) groups excluding carboxylic acids is 2. The first-order valence-electron chi connectivity index (χ1n) is 8.19. The lowest BCUT2D eigenvalue weighted by Gasteiger charge is -2.20. The van der Waals surface area contributed by atoms with E-state index in [1.807, 2.05) is 36.4 Å². The van der Waals surface area contributed by atoms with Crippen molar-refractivity contribution in [2.24, 2.45) is 0 Å². The lowest BCUT2D eigenvalue weighted by molar-refractivity contribution is -0.123. The maximum Gasteiger partial charge on any atom is 0.243 e. The van der Waals surface area contributed by atoms with Crippen LogP contribution in [-0.2, 0) is 21.4 Å². The number of nitrogens with one attached hydrogen (secondary N) is 2. The van der Waals surface area contributed by atoms with Gasteiger partial charge >= 0.3 is 0 Å². The van der Waals surface area contributed by atoms with E-state index in [1.165, 1.54) is 0 Å². The SMILES string of the molecule is CC(C)(C)c1ccc(O)c(NC(=O)CNC(=O)Cc2ccccc2)c1. The topological polar surface area (TPSA) is 78.4 Å². The van der Waals surface area contributed by atoms with E-state index in [-0.39, 0.29) is 35.9 Å². The number of anilines is 1. The molecular formula is C20H24N2O3.